The molecular weight excluding hydrogens is 276 g/mol. The number of nitrogen functional groups attached to an aromatic ring is 1. The first kappa shape index (κ1) is 15.3. The van der Waals surface area contributed by atoms with Gasteiger partial charge in [-0.05, 0) is 55.4 Å². The zero-order valence-corrected chi connectivity index (χ0v) is 12.5. The summed E-state index contributed by atoms with van der Waals surface area (Å²) in [5.41, 5.74) is 6.96. The van der Waals surface area contributed by atoms with Gasteiger partial charge in [-0.25, -0.2) is 13.1 Å². The van der Waals surface area contributed by atoms with Crippen LogP contribution in [0.5, 0.6) is 0 Å². The van der Waals surface area contributed by atoms with Crippen molar-refractivity contribution in [3.05, 3.63) is 23.8 Å². The molecule has 5 nitrogen and oxygen atoms in total. The second-order valence-corrected chi connectivity index (χ2v) is 7.33. The van der Waals surface area contributed by atoms with E-state index in [0.717, 1.165) is 24.8 Å². The molecule has 1 aliphatic carbocycles. The van der Waals surface area contributed by atoms with Crippen molar-refractivity contribution in [1.29, 1.82) is 0 Å². The molecule has 0 aliphatic heterocycles. The standard InChI is InChI=1S/C14H22N2O3S/c1-10-5-13(15)7-14(6-10)20(18,19)16-8-11-3-2-4-12(11)9-17/h5-7,11-12,16-17H,2-4,8-9,15H2,1H3. The lowest BCUT2D eigenvalue weighted by Gasteiger charge is -2.18. The molecule has 0 bridgehead atoms. The molecule has 2 unspecified atom stereocenters. The van der Waals surface area contributed by atoms with E-state index in [2.05, 4.69) is 4.72 Å². The number of nitrogens with one attached hydrogen (secondary N) is 1. The number of anilines is 1. The number of hydrogen-bond donors (Lipinski definition) is 3. The first-order valence-corrected chi connectivity index (χ1v) is 8.38. The summed E-state index contributed by atoms with van der Waals surface area (Å²) in [4.78, 5) is 0.202. The first-order valence-electron chi connectivity index (χ1n) is 6.90. The zero-order valence-electron chi connectivity index (χ0n) is 11.7. The van der Waals surface area contributed by atoms with E-state index in [4.69, 9.17) is 5.73 Å². The number of benzene rings is 1. The normalized spacial score (nSPS) is 23.1. The van der Waals surface area contributed by atoms with Crippen molar-refractivity contribution in [2.75, 3.05) is 18.9 Å². The lowest BCUT2D eigenvalue weighted by molar-refractivity contribution is 0.195. The molecule has 1 aromatic carbocycles. The van der Waals surface area contributed by atoms with Gasteiger partial charge in [-0.15, -0.1) is 0 Å². The number of aryl methyl sites for hydroxylation is 1. The van der Waals surface area contributed by atoms with Crippen LogP contribution in [0.15, 0.2) is 23.1 Å². The second kappa shape index (κ2) is 6.11. The van der Waals surface area contributed by atoms with Gasteiger partial charge >= 0.3 is 0 Å². The summed E-state index contributed by atoms with van der Waals surface area (Å²) >= 11 is 0. The Hall–Kier alpha value is -1.11. The Bertz CT molecular complexity index is 552. The smallest absolute Gasteiger partial charge is 0.240 e. The molecule has 0 spiro atoms. The molecule has 1 saturated carbocycles. The predicted molar refractivity (Wildman–Crippen MR) is 78.7 cm³/mol. The summed E-state index contributed by atoms with van der Waals surface area (Å²) in [7, 11) is -3.54. The number of nitrogens with two attached hydrogens (primary N) is 1. The van der Waals surface area contributed by atoms with E-state index >= 15 is 0 Å². The van der Waals surface area contributed by atoms with Crippen molar-refractivity contribution in [3.63, 3.8) is 0 Å². The molecule has 4 N–H and O–H groups in total. The van der Waals surface area contributed by atoms with Crippen LogP contribution < -0.4 is 10.5 Å². The summed E-state index contributed by atoms with van der Waals surface area (Å²) in [6.07, 6.45) is 2.99. The molecular formula is C14H22N2O3S. The number of aliphatic hydroxyl groups is 1. The van der Waals surface area contributed by atoms with E-state index in [1.54, 1.807) is 12.1 Å². The summed E-state index contributed by atoms with van der Waals surface area (Å²) < 4.78 is 27.2. The Kier molecular flexibility index (Phi) is 4.67. The molecule has 1 aromatic rings. The third-order valence-electron chi connectivity index (χ3n) is 3.97. The van der Waals surface area contributed by atoms with Crippen LogP contribution in [0.2, 0.25) is 0 Å². The fourth-order valence-corrected chi connectivity index (χ4v) is 4.09. The minimum atomic E-state index is -3.54. The van der Waals surface area contributed by atoms with Crippen LogP contribution in [-0.4, -0.2) is 26.7 Å². The van der Waals surface area contributed by atoms with Gasteiger partial charge in [0.05, 0.1) is 4.90 Å². The minimum absolute atomic E-state index is 0.129. The van der Waals surface area contributed by atoms with Gasteiger partial charge in [-0.1, -0.05) is 6.42 Å². The summed E-state index contributed by atoms with van der Waals surface area (Å²) in [5.74, 6) is 0.428. The van der Waals surface area contributed by atoms with E-state index in [9.17, 15) is 13.5 Å². The Balaban J connectivity index is 2.07. The van der Waals surface area contributed by atoms with E-state index in [0.29, 0.717) is 12.2 Å². The molecule has 2 rings (SSSR count). The fraction of sp³-hybridized carbons (Fsp3) is 0.571. The van der Waals surface area contributed by atoms with Gasteiger partial charge in [0.1, 0.15) is 0 Å². The van der Waals surface area contributed by atoms with E-state index < -0.39 is 10.0 Å². The first-order chi connectivity index (χ1) is 9.42. The maximum atomic E-state index is 12.3. The molecule has 2 atom stereocenters. The number of sulfonamides is 1. The molecule has 112 valence electrons. The van der Waals surface area contributed by atoms with Gasteiger partial charge < -0.3 is 10.8 Å². The summed E-state index contributed by atoms with van der Waals surface area (Å²) in [5, 5.41) is 9.26. The molecule has 20 heavy (non-hydrogen) atoms. The van der Waals surface area contributed by atoms with Crippen molar-refractivity contribution in [2.24, 2.45) is 11.8 Å². The van der Waals surface area contributed by atoms with E-state index in [1.807, 2.05) is 6.92 Å². The Morgan fingerprint density at radius 3 is 2.65 bits per heavy atom. The van der Waals surface area contributed by atoms with Gasteiger partial charge in [-0.3, -0.25) is 0 Å². The largest absolute Gasteiger partial charge is 0.399 e. The molecule has 6 heteroatoms. The van der Waals surface area contributed by atoms with Gasteiger partial charge in [0.25, 0.3) is 0 Å². The van der Waals surface area contributed by atoms with Crippen molar-refractivity contribution in [2.45, 2.75) is 31.1 Å². The maximum absolute atomic E-state index is 12.3. The molecule has 1 fully saturated rings. The summed E-state index contributed by atoms with van der Waals surface area (Å²) in [6, 6.07) is 4.81. The monoisotopic (exact) mass is 298 g/mol. The average Bonchev–Trinajstić information content (AvgIpc) is 2.82. The molecule has 0 aromatic heterocycles. The third kappa shape index (κ3) is 3.50. The number of hydrogen-bond acceptors (Lipinski definition) is 4. The minimum Gasteiger partial charge on any atom is -0.399 e. The average molecular weight is 298 g/mol. The molecule has 1 aliphatic rings. The van der Waals surface area contributed by atoms with Gasteiger partial charge in [-0.2, -0.15) is 0 Å². The van der Waals surface area contributed by atoms with Crippen molar-refractivity contribution in [3.8, 4) is 0 Å². The van der Waals surface area contributed by atoms with Gasteiger partial charge in [0, 0.05) is 18.8 Å². The lowest BCUT2D eigenvalue weighted by atomic mass is 9.97. The SMILES string of the molecule is Cc1cc(N)cc(S(=O)(=O)NCC2CCCC2CO)c1. The predicted octanol–water partition coefficient (Wildman–Crippen LogP) is 1.26. The van der Waals surface area contributed by atoms with Crippen molar-refractivity contribution < 1.29 is 13.5 Å². The fourth-order valence-electron chi connectivity index (χ4n) is 2.85. The topological polar surface area (TPSA) is 92.4 Å². The van der Waals surface area contributed by atoms with Crippen LogP contribution in [0.3, 0.4) is 0 Å². The van der Waals surface area contributed by atoms with Gasteiger partial charge in [0.15, 0.2) is 0 Å². The molecule has 0 heterocycles. The van der Waals surface area contributed by atoms with E-state index in [1.165, 1.54) is 6.07 Å². The van der Waals surface area contributed by atoms with Crippen LogP contribution in [-0.2, 0) is 10.0 Å². The summed E-state index contributed by atoms with van der Waals surface area (Å²) in [6.45, 7) is 2.32. The highest BCUT2D eigenvalue weighted by Crippen LogP contribution is 2.31. The van der Waals surface area contributed by atoms with Crippen LogP contribution in [0.25, 0.3) is 0 Å². The Morgan fingerprint density at radius 2 is 2.00 bits per heavy atom. The number of rotatable bonds is 5. The third-order valence-corrected chi connectivity index (χ3v) is 5.37. The molecule has 0 radical (unpaired) electrons. The maximum Gasteiger partial charge on any atom is 0.240 e. The van der Waals surface area contributed by atoms with Crippen molar-refractivity contribution >= 4 is 15.7 Å². The lowest BCUT2D eigenvalue weighted by Crippen LogP contribution is -2.31. The highest BCUT2D eigenvalue weighted by molar-refractivity contribution is 7.89. The zero-order chi connectivity index (χ0) is 14.8. The van der Waals surface area contributed by atoms with Gasteiger partial charge in [0.2, 0.25) is 10.0 Å². The van der Waals surface area contributed by atoms with Crippen molar-refractivity contribution in [1.82, 2.24) is 4.72 Å². The van der Waals surface area contributed by atoms with E-state index in [-0.39, 0.29) is 23.3 Å². The van der Waals surface area contributed by atoms with Crippen LogP contribution >= 0.6 is 0 Å². The molecule has 0 amide bonds. The highest BCUT2D eigenvalue weighted by Gasteiger charge is 2.28. The Labute approximate surface area is 120 Å². The Morgan fingerprint density at radius 1 is 1.30 bits per heavy atom. The van der Waals surface area contributed by atoms with Crippen LogP contribution in [0, 0.1) is 18.8 Å². The second-order valence-electron chi connectivity index (χ2n) is 5.56. The van der Waals surface area contributed by atoms with Crippen LogP contribution in [0.1, 0.15) is 24.8 Å². The quantitative estimate of drug-likeness (QED) is 0.714. The van der Waals surface area contributed by atoms with Crippen LogP contribution in [0.4, 0.5) is 5.69 Å². The molecule has 0 saturated heterocycles. The number of aliphatic hydroxyl groups excluding tert-OH is 1. The highest BCUT2D eigenvalue weighted by atomic mass is 32.2.